The normalized spacial score (nSPS) is 25.3. The Morgan fingerprint density at radius 3 is 2.16 bits per heavy atom. The van der Waals surface area contributed by atoms with Gasteiger partial charge >= 0.3 is 240 Å². The van der Waals surface area contributed by atoms with Crippen molar-refractivity contribution in [3.05, 3.63) is 47.5 Å². The number of rotatable bonds is 17. The maximum atomic E-state index is 6.73. The van der Waals surface area contributed by atoms with Gasteiger partial charge in [0.1, 0.15) is 0 Å². The first-order chi connectivity index (χ1) is 18.3. The molecule has 0 bridgehead atoms. The molecule has 1 aromatic rings. The molecule has 1 aromatic carbocycles. The Morgan fingerprint density at radius 1 is 1.00 bits per heavy atom. The summed E-state index contributed by atoms with van der Waals surface area (Å²) in [6.07, 6.45) is 12.0. The Bertz CT molecular complexity index is 820. The van der Waals surface area contributed by atoms with Crippen molar-refractivity contribution < 1.29 is 14.2 Å². The van der Waals surface area contributed by atoms with Gasteiger partial charge in [-0.25, -0.2) is 0 Å². The van der Waals surface area contributed by atoms with Crippen molar-refractivity contribution in [3.63, 3.8) is 0 Å². The molecule has 0 spiro atoms. The third kappa shape index (κ3) is 9.06. The molecule has 216 valence electrons. The molecule has 1 saturated carbocycles. The number of methoxy groups -OCH3 is 1. The second-order valence-electron chi connectivity index (χ2n) is 12.7. The SMILES string of the molecule is CCC[CH2][Sn]([CH2]CCC)([CH2]CCC)[CH2]N(Cc1ccccc1)[C@H]1[C@@H]2OC(C)(C)O[C@@H]2C[C@H]1/C=C(\C)COC. The molecule has 3 rings (SSSR count). The number of nitrogens with zero attached hydrogens (tertiary/aromatic N) is 1. The fourth-order valence-electron chi connectivity index (χ4n) is 7.06. The summed E-state index contributed by atoms with van der Waals surface area (Å²) in [4.78, 5) is 2.92. The zero-order valence-electron chi connectivity index (χ0n) is 25.6. The molecule has 0 aromatic heterocycles. The predicted molar refractivity (Wildman–Crippen MR) is 163 cm³/mol. The summed E-state index contributed by atoms with van der Waals surface area (Å²) in [7, 11) is 1.80. The first-order valence-corrected chi connectivity index (χ1v) is 23.6. The van der Waals surface area contributed by atoms with Gasteiger partial charge in [-0.05, 0) is 0 Å². The van der Waals surface area contributed by atoms with Crippen molar-refractivity contribution in [2.75, 3.05) is 18.3 Å². The van der Waals surface area contributed by atoms with Crippen molar-refractivity contribution in [1.29, 1.82) is 0 Å². The monoisotopic (exact) mass is 635 g/mol. The summed E-state index contributed by atoms with van der Waals surface area (Å²) < 4.78 is 24.7. The van der Waals surface area contributed by atoms with Gasteiger partial charge in [0, 0.05) is 0 Å². The molecule has 1 aliphatic carbocycles. The van der Waals surface area contributed by atoms with Gasteiger partial charge in [0.05, 0.1) is 0 Å². The van der Waals surface area contributed by atoms with Gasteiger partial charge in [0.2, 0.25) is 0 Å². The van der Waals surface area contributed by atoms with Crippen LogP contribution in [0.15, 0.2) is 42.0 Å². The molecule has 1 heterocycles. The van der Waals surface area contributed by atoms with E-state index in [4.69, 9.17) is 14.2 Å². The van der Waals surface area contributed by atoms with E-state index in [0.29, 0.717) is 18.6 Å². The van der Waals surface area contributed by atoms with Gasteiger partial charge in [0.15, 0.2) is 0 Å². The zero-order valence-corrected chi connectivity index (χ0v) is 28.5. The van der Waals surface area contributed by atoms with E-state index in [-0.39, 0.29) is 12.2 Å². The van der Waals surface area contributed by atoms with Gasteiger partial charge in [-0.3, -0.25) is 0 Å². The predicted octanol–water partition coefficient (Wildman–Crippen LogP) is 8.38. The molecule has 2 aliphatic rings. The summed E-state index contributed by atoms with van der Waals surface area (Å²) in [6.45, 7) is 15.2. The summed E-state index contributed by atoms with van der Waals surface area (Å²) in [5, 5.41) is 0. The Morgan fingerprint density at radius 2 is 1.61 bits per heavy atom. The second kappa shape index (κ2) is 15.6. The number of fused-ring (bicyclic) bond motifs is 1. The summed E-state index contributed by atoms with van der Waals surface area (Å²) in [5.41, 5.74) is 2.74. The average molecular weight is 635 g/mol. The standard InChI is InChI=1S/C21H30NO3.3C4H9.Sn/c1-15(14-23-5)11-17-12-18-20(25-21(2,3)24-18)19(17)22(4)13-16-9-7-6-8-10-16;3*1-3-4-2;/h6-11,17-20H,4,12-14H2,1-3,5H3;3*1,3-4H2,2H3;/b15-11+;;;;/t17-,18-,19-,20-;;;;/m1..../s1. The van der Waals surface area contributed by atoms with E-state index in [1.807, 2.05) is 0 Å². The van der Waals surface area contributed by atoms with Crippen LogP contribution in [0.3, 0.4) is 0 Å². The summed E-state index contributed by atoms with van der Waals surface area (Å²) >= 11 is -2.48. The summed E-state index contributed by atoms with van der Waals surface area (Å²) in [5.74, 6) is -0.0811. The van der Waals surface area contributed by atoms with E-state index < -0.39 is 24.2 Å². The number of hydrogen-bond acceptors (Lipinski definition) is 4. The molecule has 0 unspecified atom stereocenters. The van der Waals surface area contributed by atoms with Gasteiger partial charge in [-0.2, -0.15) is 0 Å². The van der Waals surface area contributed by atoms with Crippen LogP contribution in [0.25, 0.3) is 0 Å². The Hall–Kier alpha value is -0.401. The van der Waals surface area contributed by atoms with Crippen molar-refractivity contribution in [2.45, 2.75) is 130 Å². The zero-order chi connectivity index (χ0) is 27.6. The van der Waals surface area contributed by atoms with Crippen LogP contribution in [0.4, 0.5) is 0 Å². The van der Waals surface area contributed by atoms with Gasteiger partial charge in [0.25, 0.3) is 0 Å². The molecule has 38 heavy (non-hydrogen) atoms. The van der Waals surface area contributed by atoms with E-state index >= 15 is 0 Å². The van der Waals surface area contributed by atoms with Gasteiger partial charge < -0.3 is 0 Å². The van der Waals surface area contributed by atoms with Crippen molar-refractivity contribution in [2.24, 2.45) is 5.92 Å². The van der Waals surface area contributed by atoms with E-state index in [2.05, 4.69) is 82.9 Å². The Labute approximate surface area is 238 Å². The van der Waals surface area contributed by atoms with Crippen LogP contribution < -0.4 is 0 Å². The van der Waals surface area contributed by atoms with Crippen LogP contribution in [0, 0.1) is 5.92 Å². The van der Waals surface area contributed by atoms with Crippen LogP contribution in [-0.2, 0) is 20.8 Å². The van der Waals surface area contributed by atoms with Crippen LogP contribution in [0.2, 0.25) is 13.3 Å². The average Bonchev–Trinajstić information content (AvgIpc) is 3.35. The second-order valence-corrected chi connectivity index (χ2v) is 26.4. The molecule has 0 radical (unpaired) electrons. The molecule has 0 amide bonds. The van der Waals surface area contributed by atoms with E-state index in [9.17, 15) is 0 Å². The minimum atomic E-state index is -2.48. The number of unbranched alkanes of at least 4 members (excludes halogenated alkanes) is 3. The van der Waals surface area contributed by atoms with Gasteiger partial charge in [-0.15, -0.1) is 0 Å². The molecule has 1 saturated heterocycles. The van der Waals surface area contributed by atoms with Crippen molar-refractivity contribution in [3.8, 4) is 0 Å². The summed E-state index contributed by atoms with van der Waals surface area (Å²) in [6, 6.07) is 11.5. The molecule has 1 aliphatic heterocycles. The number of hydrogen-bond donors (Lipinski definition) is 0. The Kier molecular flexibility index (Phi) is 13.2. The van der Waals surface area contributed by atoms with Gasteiger partial charge in [-0.1, -0.05) is 0 Å². The molecule has 4 nitrogen and oxygen atoms in total. The van der Waals surface area contributed by atoms with Crippen molar-refractivity contribution in [1.82, 2.24) is 4.90 Å². The van der Waals surface area contributed by atoms with Crippen LogP contribution in [0.1, 0.15) is 92.1 Å². The number of ether oxygens (including phenoxy) is 3. The van der Waals surface area contributed by atoms with Crippen LogP contribution >= 0.6 is 0 Å². The van der Waals surface area contributed by atoms with E-state index in [1.165, 1.54) is 67.5 Å². The molecule has 4 atom stereocenters. The fourth-order valence-corrected chi connectivity index (χ4v) is 23.4. The van der Waals surface area contributed by atoms with Crippen LogP contribution in [-0.4, -0.2) is 65.6 Å². The molecular weight excluding hydrogens is 577 g/mol. The molecule has 2 fully saturated rings. The van der Waals surface area contributed by atoms with E-state index in [0.717, 1.165) is 13.0 Å². The third-order valence-electron chi connectivity index (χ3n) is 8.74. The minimum absolute atomic E-state index is 0.123. The third-order valence-corrected chi connectivity index (χ3v) is 23.9. The first-order valence-electron chi connectivity index (χ1n) is 15.6. The Balaban J connectivity index is 2.03. The fraction of sp³-hybridized carbons (Fsp3) is 0.758. The topological polar surface area (TPSA) is 30.9 Å². The first kappa shape index (κ1) is 32.1. The molecule has 0 N–H and O–H groups in total. The maximum absolute atomic E-state index is 6.73. The number of benzene rings is 1. The van der Waals surface area contributed by atoms with Crippen molar-refractivity contribution >= 4 is 18.4 Å². The molecule has 5 heteroatoms. The van der Waals surface area contributed by atoms with E-state index in [1.54, 1.807) is 7.11 Å². The molecular formula is C33H57NO3Sn. The quantitative estimate of drug-likeness (QED) is 0.127. The van der Waals surface area contributed by atoms with Crippen LogP contribution in [0.5, 0.6) is 0 Å².